The fourth-order valence-electron chi connectivity index (χ4n) is 1.29. The van der Waals surface area contributed by atoms with E-state index in [-0.39, 0.29) is 11.3 Å². The molecule has 0 atom stereocenters. The second kappa shape index (κ2) is 5.85. The lowest BCUT2D eigenvalue weighted by Crippen LogP contribution is -2.37. The average molecular weight is 249 g/mol. The number of carbonyl (C=O) groups is 1. The van der Waals surface area contributed by atoms with Crippen molar-refractivity contribution in [3.8, 4) is 0 Å². The van der Waals surface area contributed by atoms with E-state index in [1.54, 1.807) is 25.4 Å². The summed E-state index contributed by atoms with van der Waals surface area (Å²) in [7, 11) is 1.80. The highest BCUT2D eigenvalue weighted by molar-refractivity contribution is 5.94. The molecule has 0 aliphatic rings. The molecule has 1 amide bonds. The second-order valence-corrected chi connectivity index (χ2v) is 5.51. The predicted octanol–water partition coefficient (Wildman–Crippen LogP) is 2.54. The Morgan fingerprint density at radius 1 is 1.39 bits per heavy atom. The van der Waals surface area contributed by atoms with E-state index in [0.717, 1.165) is 5.82 Å². The lowest BCUT2D eigenvalue weighted by atomic mass is 9.81. The Kier molecular flexibility index (Phi) is 4.70. The SMILES string of the molecule is CNc1ccc(C(=O)NCC(C)(C)C(C)C)cn1. The highest BCUT2D eigenvalue weighted by Gasteiger charge is 2.23. The predicted molar refractivity (Wildman–Crippen MR) is 74.7 cm³/mol. The van der Waals surface area contributed by atoms with Crippen molar-refractivity contribution in [2.24, 2.45) is 11.3 Å². The van der Waals surface area contributed by atoms with Crippen molar-refractivity contribution in [2.45, 2.75) is 27.7 Å². The van der Waals surface area contributed by atoms with Crippen LogP contribution in [0.5, 0.6) is 0 Å². The molecule has 0 bridgehead atoms. The summed E-state index contributed by atoms with van der Waals surface area (Å²) in [4.78, 5) is 16.1. The summed E-state index contributed by atoms with van der Waals surface area (Å²) in [6, 6.07) is 3.57. The summed E-state index contributed by atoms with van der Waals surface area (Å²) in [5, 5.41) is 5.88. The molecule has 1 heterocycles. The lowest BCUT2D eigenvalue weighted by molar-refractivity contribution is 0.0924. The normalized spacial score (nSPS) is 11.4. The first-order valence-electron chi connectivity index (χ1n) is 6.29. The van der Waals surface area contributed by atoms with Crippen LogP contribution in [0.15, 0.2) is 18.3 Å². The molecule has 1 aromatic heterocycles. The van der Waals surface area contributed by atoms with Gasteiger partial charge in [0.25, 0.3) is 5.91 Å². The molecular formula is C14H23N3O. The molecule has 0 aliphatic heterocycles. The molecule has 0 saturated heterocycles. The number of amides is 1. The van der Waals surface area contributed by atoms with Crippen LogP contribution in [0.2, 0.25) is 0 Å². The quantitative estimate of drug-likeness (QED) is 0.843. The molecule has 1 rings (SSSR count). The summed E-state index contributed by atoms with van der Waals surface area (Å²) in [5.41, 5.74) is 0.683. The zero-order valence-electron chi connectivity index (χ0n) is 11.9. The van der Waals surface area contributed by atoms with Crippen molar-refractivity contribution in [3.63, 3.8) is 0 Å². The number of anilines is 1. The van der Waals surface area contributed by atoms with Crippen LogP contribution in [0.25, 0.3) is 0 Å². The van der Waals surface area contributed by atoms with Gasteiger partial charge in [-0.25, -0.2) is 4.98 Å². The summed E-state index contributed by atoms with van der Waals surface area (Å²) in [6.07, 6.45) is 1.59. The van der Waals surface area contributed by atoms with Crippen molar-refractivity contribution >= 4 is 11.7 Å². The summed E-state index contributed by atoms with van der Waals surface area (Å²) in [5.74, 6) is 1.20. The van der Waals surface area contributed by atoms with E-state index in [0.29, 0.717) is 18.0 Å². The van der Waals surface area contributed by atoms with Gasteiger partial charge in [0.2, 0.25) is 0 Å². The fourth-order valence-corrected chi connectivity index (χ4v) is 1.29. The minimum atomic E-state index is -0.0705. The first kappa shape index (κ1) is 14.5. The maximum absolute atomic E-state index is 11.9. The maximum Gasteiger partial charge on any atom is 0.252 e. The van der Waals surface area contributed by atoms with E-state index >= 15 is 0 Å². The van der Waals surface area contributed by atoms with Crippen LogP contribution in [0, 0.1) is 11.3 Å². The molecule has 0 unspecified atom stereocenters. The van der Waals surface area contributed by atoms with Gasteiger partial charge in [0.15, 0.2) is 0 Å². The number of pyridine rings is 1. The van der Waals surface area contributed by atoms with Gasteiger partial charge in [-0.3, -0.25) is 4.79 Å². The molecular weight excluding hydrogens is 226 g/mol. The Morgan fingerprint density at radius 2 is 2.06 bits per heavy atom. The van der Waals surface area contributed by atoms with E-state index < -0.39 is 0 Å². The van der Waals surface area contributed by atoms with Crippen LogP contribution < -0.4 is 10.6 Å². The third-order valence-corrected chi connectivity index (χ3v) is 3.55. The molecule has 2 N–H and O–H groups in total. The molecule has 0 spiro atoms. The summed E-state index contributed by atoms with van der Waals surface area (Å²) in [6.45, 7) is 9.29. The first-order chi connectivity index (χ1) is 8.36. The van der Waals surface area contributed by atoms with Gasteiger partial charge in [0.05, 0.1) is 5.56 Å². The Labute approximate surface area is 109 Å². The molecule has 4 heteroatoms. The number of hydrogen-bond acceptors (Lipinski definition) is 3. The number of hydrogen-bond donors (Lipinski definition) is 2. The Morgan fingerprint density at radius 3 is 2.50 bits per heavy atom. The molecule has 0 radical (unpaired) electrons. The minimum Gasteiger partial charge on any atom is -0.373 e. The topological polar surface area (TPSA) is 54.0 Å². The fraction of sp³-hybridized carbons (Fsp3) is 0.571. The zero-order chi connectivity index (χ0) is 13.8. The van der Waals surface area contributed by atoms with E-state index in [4.69, 9.17) is 0 Å². The highest BCUT2D eigenvalue weighted by atomic mass is 16.1. The minimum absolute atomic E-state index is 0.0705. The molecule has 18 heavy (non-hydrogen) atoms. The molecule has 100 valence electrons. The Balaban J connectivity index is 2.60. The number of carbonyl (C=O) groups excluding carboxylic acids is 1. The average Bonchev–Trinajstić information content (AvgIpc) is 2.36. The number of nitrogens with zero attached hydrogens (tertiary/aromatic N) is 1. The van der Waals surface area contributed by atoms with Crippen LogP contribution >= 0.6 is 0 Å². The van der Waals surface area contributed by atoms with Gasteiger partial charge in [-0.05, 0) is 23.5 Å². The van der Waals surface area contributed by atoms with Crippen LogP contribution in [-0.4, -0.2) is 24.5 Å². The summed E-state index contributed by atoms with van der Waals surface area (Å²) >= 11 is 0. The Hall–Kier alpha value is -1.58. The van der Waals surface area contributed by atoms with Crippen LogP contribution in [0.4, 0.5) is 5.82 Å². The highest BCUT2D eigenvalue weighted by Crippen LogP contribution is 2.24. The van der Waals surface area contributed by atoms with Gasteiger partial charge in [-0.2, -0.15) is 0 Å². The zero-order valence-corrected chi connectivity index (χ0v) is 11.9. The van der Waals surface area contributed by atoms with E-state index in [1.807, 2.05) is 0 Å². The van der Waals surface area contributed by atoms with Crippen molar-refractivity contribution in [1.82, 2.24) is 10.3 Å². The van der Waals surface area contributed by atoms with Gasteiger partial charge >= 0.3 is 0 Å². The molecule has 0 saturated carbocycles. The molecule has 1 aromatic rings. The van der Waals surface area contributed by atoms with Crippen molar-refractivity contribution in [2.75, 3.05) is 18.9 Å². The summed E-state index contributed by atoms with van der Waals surface area (Å²) < 4.78 is 0. The van der Waals surface area contributed by atoms with Gasteiger partial charge in [-0.1, -0.05) is 27.7 Å². The second-order valence-electron chi connectivity index (χ2n) is 5.51. The number of rotatable bonds is 5. The number of nitrogens with one attached hydrogen (secondary N) is 2. The van der Waals surface area contributed by atoms with Crippen LogP contribution in [0.3, 0.4) is 0 Å². The van der Waals surface area contributed by atoms with Gasteiger partial charge in [0.1, 0.15) is 5.82 Å². The molecule has 0 aliphatic carbocycles. The van der Waals surface area contributed by atoms with E-state index in [2.05, 4.69) is 43.3 Å². The monoisotopic (exact) mass is 249 g/mol. The molecule has 0 fully saturated rings. The standard InChI is InChI=1S/C14H23N3O/c1-10(2)14(3,4)9-17-13(18)11-6-7-12(15-5)16-8-11/h6-8,10H,9H2,1-5H3,(H,15,16)(H,17,18). The van der Waals surface area contributed by atoms with Gasteiger partial charge in [0, 0.05) is 19.8 Å². The van der Waals surface area contributed by atoms with Crippen molar-refractivity contribution < 1.29 is 4.79 Å². The van der Waals surface area contributed by atoms with Gasteiger partial charge < -0.3 is 10.6 Å². The largest absolute Gasteiger partial charge is 0.373 e. The van der Waals surface area contributed by atoms with Crippen LogP contribution in [-0.2, 0) is 0 Å². The van der Waals surface area contributed by atoms with Gasteiger partial charge in [-0.15, -0.1) is 0 Å². The van der Waals surface area contributed by atoms with Crippen LogP contribution in [0.1, 0.15) is 38.1 Å². The first-order valence-corrected chi connectivity index (χ1v) is 6.29. The maximum atomic E-state index is 11.9. The number of aromatic nitrogens is 1. The smallest absolute Gasteiger partial charge is 0.252 e. The third kappa shape index (κ3) is 3.72. The van der Waals surface area contributed by atoms with E-state index in [1.165, 1.54) is 0 Å². The van der Waals surface area contributed by atoms with Crippen molar-refractivity contribution in [3.05, 3.63) is 23.9 Å². The van der Waals surface area contributed by atoms with E-state index in [9.17, 15) is 4.79 Å². The molecule has 0 aromatic carbocycles. The molecule has 4 nitrogen and oxygen atoms in total. The lowest BCUT2D eigenvalue weighted by Gasteiger charge is -2.29. The third-order valence-electron chi connectivity index (χ3n) is 3.55. The van der Waals surface area contributed by atoms with Crippen molar-refractivity contribution in [1.29, 1.82) is 0 Å². The Bertz CT molecular complexity index is 396.